The maximum absolute atomic E-state index is 11.8. The SMILES string of the molecule is COC(=O)C(CC(C)C)NCC1CCC(C(C)(C)C)CC1. The predicted octanol–water partition coefficient (Wildman–Crippen LogP) is 4.02. The molecule has 0 saturated heterocycles. The second-order valence-electron chi connectivity index (χ2n) is 8.20. The standard InChI is InChI=1S/C18H35NO2/c1-13(2)11-16(17(20)21-6)19-12-14-7-9-15(10-8-14)18(3,4)5/h13-16,19H,7-12H2,1-6H3. The molecule has 1 rings (SSSR count). The van der Waals surface area contributed by atoms with Gasteiger partial charge in [-0.25, -0.2) is 0 Å². The van der Waals surface area contributed by atoms with E-state index in [0.29, 0.717) is 17.3 Å². The smallest absolute Gasteiger partial charge is 0.322 e. The highest BCUT2D eigenvalue weighted by molar-refractivity contribution is 5.75. The average molecular weight is 297 g/mol. The average Bonchev–Trinajstić information content (AvgIpc) is 2.41. The molecule has 3 heteroatoms. The van der Waals surface area contributed by atoms with Gasteiger partial charge in [0.2, 0.25) is 0 Å². The van der Waals surface area contributed by atoms with Crippen LogP contribution in [0.3, 0.4) is 0 Å². The fourth-order valence-corrected chi connectivity index (χ4v) is 3.42. The summed E-state index contributed by atoms with van der Waals surface area (Å²) >= 11 is 0. The van der Waals surface area contributed by atoms with Crippen LogP contribution in [0.4, 0.5) is 0 Å². The van der Waals surface area contributed by atoms with E-state index >= 15 is 0 Å². The molecule has 0 radical (unpaired) electrons. The summed E-state index contributed by atoms with van der Waals surface area (Å²) in [6.07, 6.45) is 6.06. The van der Waals surface area contributed by atoms with Crippen molar-refractivity contribution in [2.45, 2.75) is 72.8 Å². The van der Waals surface area contributed by atoms with Crippen LogP contribution in [0, 0.1) is 23.2 Å². The van der Waals surface area contributed by atoms with E-state index in [-0.39, 0.29) is 12.0 Å². The Labute approximate surface area is 131 Å². The van der Waals surface area contributed by atoms with Crippen LogP contribution < -0.4 is 5.32 Å². The zero-order valence-electron chi connectivity index (χ0n) is 14.9. The van der Waals surface area contributed by atoms with E-state index in [1.165, 1.54) is 32.8 Å². The van der Waals surface area contributed by atoms with Crippen LogP contribution in [0.2, 0.25) is 0 Å². The Morgan fingerprint density at radius 1 is 1.19 bits per heavy atom. The van der Waals surface area contributed by atoms with Crippen molar-refractivity contribution in [1.29, 1.82) is 0 Å². The van der Waals surface area contributed by atoms with Crippen molar-refractivity contribution in [2.75, 3.05) is 13.7 Å². The zero-order chi connectivity index (χ0) is 16.0. The second kappa shape index (κ2) is 8.17. The van der Waals surface area contributed by atoms with Crippen molar-refractivity contribution < 1.29 is 9.53 Å². The van der Waals surface area contributed by atoms with Crippen LogP contribution in [0.1, 0.15) is 66.7 Å². The molecule has 0 aromatic heterocycles. The summed E-state index contributed by atoms with van der Waals surface area (Å²) in [5, 5.41) is 3.45. The highest BCUT2D eigenvalue weighted by Crippen LogP contribution is 2.39. The molecule has 1 aliphatic rings. The van der Waals surface area contributed by atoms with E-state index in [9.17, 15) is 4.79 Å². The monoisotopic (exact) mass is 297 g/mol. The van der Waals surface area contributed by atoms with Gasteiger partial charge >= 0.3 is 5.97 Å². The van der Waals surface area contributed by atoms with Gasteiger partial charge < -0.3 is 10.1 Å². The maximum atomic E-state index is 11.8. The third kappa shape index (κ3) is 6.37. The van der Waals surface area contributed by atoms with Crippen molar-refractivity contribution in [2.24, 2.45) is 23.2 Å². The van der Waals surface area contributed by atoms with Gasteiger partial charge in [0, 0.05) is 0 Å². The number of hydrogen-bond acceptors (Lipinski definition) is 3. The number of hydrogen-bond donors (Lipinski definition) is 1. The number of carbonyl (C=O) groups is 1. The van der Waals surface area contributed by atoms with Gasteiger partial charge in [0.15, 0.2) is 0 Å². The lowest BCUT2D eigenvalue weighted by molar-refractivity contribution is -0.143. The molecule has 0 aliphatic heterocycles. The molecule has 1 fully saturated rings. The third-order valence-corrected chi connectivity index (χ3v) is 4.92. The van der Waals surface area contributed by atoms with Crippen LogP contribution in [0.25, 0.3) is 0 Å². The number of nitrogens with one attached hydrogen (secondary N) is 1. The van der Waals surface area contributed by atoms with Crippen molar-refractivity contribution >= 4 is 5.97 Å². The van der Waals surface area contributed by atoms with E-state index < -0.39 is 0 Å². The lowest BCUT2D eigenvalue weighted by atomic mass is 9.70. The Morgan fingerprint density at radius 2 is 1.76 bits per heavy atom. The molecule has 0 aromatic carbocycles. The summed E-state index contributed by atoms with van der Waals surface area (Å²) in [6.45, 7) is 12.3. The minimum Gasteiger partial charge on any atom is -0.468 e. The molecule has 1 aliphatic carbocycles. The van der Waals surface area contributed by atoms with Crippen molar-refractivity contribution in [3.63, 3.8) is 0 Å². The minimum atomic E-state index is -0.143. The minimum absolute atomic E-state index is 0.118. The largest absolute Gasteiger partial charge is 0.468 e. The molecule has 0 heterocycles. The van der Waals surface area contributed by atoms with Gasteiger partial charge in [0.05, 0.1) is 7.11 Å². The van der Waals surface area contributed by atoms with Gasteiger partial charge in [-0.1, -0.05) is 34.6 Å². The van der Waals surface area contributed by atoms with Gasteiger partial charge in [0.1, 0.15) is 6.04 Å². The molecule has 1 saturated carbocycles. The summed E-state index contributed by atoms with van der Waals surface area (Å²) in [7, 11) is 1.48. The summed E-state index contributed by atoms with van der Waals surface area (Å²) in [6, 6.07) is -0.143. The van der Waals surface area contributed by atoms with Crippen LogP contribution in [0.15, 0.2) is 0 Å². The number of rotatable bonds is 6. The highest BCUT2D eigenvalue weighted by Gasteiger charge is 2.30. The zero-order valence-corrected chi connectivity index (χ0v) is 14.9. The molecule has 0 bridgehead atoms. The van der Waals surface area contributed by atoms with E-state index in [1.807, 2.05) is 0 Å². The summed E-state index contributed by atoms with van der Waals surface area (Å²) in [5.74, 6) is 1.94. The molecular formula is C18H35NO2. The Bertz CT molecular complexity index is 312. The molecule has 3 nitrogen and oxygen atoms in total. The normalized spacial score (nSPS) is 24.9. The second-order valence-corrected chi connectivity index (χ2v) is 8.20. The molecule has 1 N–H and O–H groups in total. The number of ether oxygens (including phenoxy) is 1. The Kier molecular flexibility index (Phi) is 7.19. The first kappa shape index (κ1) is 18.5. The third-order valence-electron chi connectivity index (χ3n) is 4.92. The van der Waals surface area contributed by atoms with Crippen molar-refractivity contribution in [3.05, 3.63) is 0 Å². The number of esters is 1. The molecule has 0 amide bonds. The van der Waals surface area contributed by atoms with Crippen molar-refractivity contribution in [1.82, 2.24) is 5.32 Å². The predicted molar refractivity (Wildman–Crippen MR) is 88.2 cm³/mol. The Hall–Kier alpha value is -0.570. The van der Waals surface area contributed by atoms with Gasteiger partial charge in [-0.15, -0.1) is 0 Å². The van der Waals surface area contributed by atoms with Gasteiger partial charge in [-0.3, -0.25) is 4.79 Å². The van der Waals surface area contributed by atoms with Gasteiger partial charge in [-0.2, -0.15) is 0 Å². The van der Waals surface area contributed by atoms with Crippen molar-refractivity contribution in [3.8, 4) is 0 Å². The molecule has 124 valence electrons. The summed E-state index contributed by atoms with van der Waals surface area (Å²) in [4.78, 5) is 11.8. The molecule has 0 aromatic rings. The first-order valence-electron chi connectivity index (χ1n) is 8.55. The van der Waals surface area contributed by atoms with Crippen LogP contribution in [0.5, 0.6) is 0 Å². The maximum Gasteiger partial charge on any atom is 0.322 e. The number of carbonyl (C=O) groups excluding carboxylic acids is 1. The summed E-state index contributed by atoms with van der Waals surface area (Å²) in [5.41, 5.74) is 0.435. The molecule has 1 atom stereocenters. The molecule has 1 unspecified atom stereocenters. The van der Waals surface area contributed by atoms with Crippen LogP contribution >= 0.6 is 0 Å². The highest BCUT2D eigenvalue weighted by atomic mass is 16.5. The van der Waals surface area contributed by atoms with Gasteiger partial charge in [0.25, 0.3) is 0 Å². The molecule has 21 heavy (non-hydrogen) atoms. The fraction of sp³-hybridized carbons (Fsp3) is 0.944. The lowest BCUT2D eigenvalue weighted by Crippen LogP contribution is -2.42. The first-order chi connectivity index (χ1) is 9.74. The van der Waals surface area contributed by atoms with E-state index in [2.05, 4.69) is 39.9 Å². The fourth-order valence-electron chi connectivity index (χ4n) is 3.42. The first-order valence-corrected chi connectivity index (χ1v) is 8.55. The van der Waals surface area contributed by atoms with E-state index in [4.69, 9.17) is 4.74 Å². The summed E-state index contributed by atoms with van der Waals surface area (Å²) < 4.78 is 4.91. The van der Waals surface area contributed by atoms with Crippen LogP contribution in [-0.4, -0.2) is 25.7 Å². The molecular weight excluding hydrogens is 262 g/mol. The Morgan fingerprint density at radius 3 is 2.19 bits per heavy atom. The number of methoxy groups -OCH3 is 1. The Balaban J connectivity index is 2.39. The molecule has 0 spiro atoms. The topological polar surface area (TPSA) is 38.3 Å². The van der Waals surface area contributed by atoms with E-state index in [0.717, 1.165) is 18.9 Å². The van der Waals surface area contributed by atoms with E-state index in [1.54, 1.807) is 0 Å². The van der Waals surface area contributed by atoms with Crippen LogP contribution in [-0.2, 0) is 9.53 Å². The quantitative estimate of drug-likeness (QED) is 0.753. The van der Waals surface area contributed by atoms with Gasteiger partial charge in [-0.05, 0) is 61.8 Å². The lowest BCUT2D eigenvalue weighted by Gasteiger charge is -2.37.